The van der Waals surface area contributed by atoms with Crippen molar-refractivity contribution in [1.29, 1.82) is 0 Å². The van der Waals surface area contributed by atoms with Gasteiger partial charge in [-0.25, -0.2) is 0 Å². The molecule has 0 saturated carbocycles. The summed E-state index contributed by atoms with van der Waals surface area (Å²) in [6.45, 7) is 0. The fourth-order valence-electron chi connectivity index (χ4n) is 1.97. The van der Waals surface area contributed by atoms with Gasteiger partial charge in [-0.05, 0) is 16.7 Å². The van der Waals surface area contributed by atoms with Crippen molar-refractivity contribution in [2.75, 3.05) is 0 Å². The van der Waals surface area contributed by atoms with E-state index < -0.39 is 29.6 Å². The zero-order valence-corrected chi connectivity index (χ0v) is 11.0. The van der Waals surface area contributed by atoms with Gasteiger partial charge in [-0.15, -0.1) is 0 Å². The van der Waals surface area contributed by atoms with E-state index in [1.165, 1.54) is 12.1 Å². The fourth-order valence-corrected chi connectivity index (χ4v) is 1.97. The Morgan fingerprint density at radius 1 is 0.682 bits per heavy atom. The number of hydrogen-bond acceptors (Lipinski definition) is 0. The molecule has 0 N–H and O–H groups in total. The van der Waals surface area contributed by atoms with E-state index in [9.17, 15) is 26.3 Å². The van der Waals surface area contributed by atoms with Crippen molar-refractivity contribution in [3.05, 3.63) is 66.2 Å². The lowest BCUT2D eigenvalue weighted by Gasteiger charge is -2.14. The second-order valence-electron chi connectivity index (χ2n) is 4.54. The Kier molecular flexibility index (Phi) is 4.30. The minimum atomic E-state index is -5.08. The van der Waals surface area contributed by atoms with Crippen LogP contribution in [0, 0.1) is 0 Å². The Balaban J connectivity index is 2.41. The van der Waals surface area contributed by atoms with E-state index in [0.717, 1.165) is 17.7 Å². The molecule has 2 aromatic carbocycles. The van der Waals surface area contributed by atoms with Crippen LogP contribution in [0.3, 0.4) is 0 Å². The number of alkyl halides is 6. The number of halogens is 6. The molecule has 116 valence electrons. The van der Waals surface area contributed by atoms with Crippen LogP contribution in [0.25, 0.3) is 16.7 Å². The van der Waals surface area contributed by atoms with Gasteiger partial charge in [-0.2, -0.15) is 26.3 Å². The summed E-state index contributed by atoms with van der Waals surface area (Å²) in [7, 11) is 0. The maximum absolute atomic E-state index is 12.8. The van der Waals surface area contributed by atoms with E-state index in [4.69, 9.17) is 0 Å². The molecular formula is C16H10F6. The van der Waals surface area contributed by atoms with Crippen molar-refractivity contribution in [3.63, 3.8) is 0 Å². The van der Waals surface area contributed by atoms with Gasteiger partial charge >= 0.3 is 12.4 Å². The van der Waals surface area contributed by atoms with Crippen LogP contribution >= 0.6 is 0 Å². The number of benzene rings is 2. The lowest BCUT2D eigenvalue weighted by atomic mass is 10.00. The lowest BCUT2D eigenvalue weighted by molar-refractivity contribution is -0.0911. The van der Waals surface area contributed by atoms with Crippen molar-refractivity contribution < 1.29 is 26.3 Å². The van der Waals surface area contributed by atoms with Crippen LogP contribution in [0.15, 0.2) is 60.7 Å². The van der Waals surface area contributed by atoms with Crippen molar-refractivity contribution >= 4 is 5.57 Å². The highest BCUT2D eigenvalue weighted by Gasteiger charge is 2.39. The highest BCUT2D eigenvalue weighted by molar-refractivity contribution is 5.73. The fraction of sp³-hybridized carbons (Fsp3) is 0.125. The summed E-state index contributed by atoms with van der Waals surface area (Å²) >= 11 is 0. The molecule has 0 bridgehead atoms. The Bertz CT molecular complexity index is 648. The maximum atomic E-state index is 12.8. The molecule has 0 unspecified atom stereocenters. The summed E-state index contributed by atoms with van der Waals surface area (Å²) in [6, 6.07) is 13.6. The van der Waals surface area contributed by atoms with Crippen LogP contribution < -0.4 is 0 Å². The van der Waals surface area contributed by atoms with E-state index in [1.807, 2.05) is 0 Å². The molecule has 0 heterocycles. The second-order valence-corrected chi connectivity index (χ2v) is 4.54. The van der Waals surface area contributed by atoms with Gasteiger partial charge in [0.05, 0.1) is 5.57 Å². The predicted octanol–water partition coefficient (Wildman–Crippen LogP) is 5.86. The van der Waals surface area contributed by atoms with E-state index in [0.29, 0.717) is 5.56 Å². The molecule has 0 saturated heterocycles. The monoisotopic (exact) mass is 316 g/mol. The summed E-state index contributed by atoms with van der Waals surface area (Å²) in [5.74, 6) is 0. The molecular weight excluding hydrogens is 306 g/mol. The molecule has 22 heavy (non-hydrogen) atoms. The Morgan fingerprint density at radius 2 is 1.18 bits per heavy atom. The van der Waals surface area contributed by atoms with E-state index >= 15 is 0 Å². The maximum Gasteiger partial charge on any atom is 0.417 e. The average Bonchev–Trinajstić information content (AvgIpc) is 2.44. The SMILES string of the molecule is FC(F)(F)/C=C(\c1ccc(-c2ccccc2)cc1)C(F)(F)F. The zero-order chi connectivity index (χ0) is 16.4. The molecule has 0 aliphatic rings. The van der Waals surface area contributed by atoms with Gasteiger partial charge in [0.15, 0.2) is 0 Å². The first kappa shape index (κ1) is 16.1. The molecule has 0 aromatic heterocycles. The Morgan fingerprint density at radius 3 is 1.64 bits per heavy atom. The van der Waals surface area contributed by atoms with Gasteiger partial charge in [0.25, 0.3) is 0 Å². The number of rotatable bonds is 2. The van der Waals surface area contributed by atoms with Gasteiger partial charge in [-0.3, -0.25) is 0 Å². The molecule has 0 spiro atoms. The second kappa shape index (κ2) is 5.87. The van der Waals surface area contributed by atoms with Crippen molar-refractivity contribution in [2.45, 2.75) is 12.4 Å². The standard InChI is InChI=1S/C16H10F6/c17-15(18,19)10-14(16(20,21)22)13-8-6-12(7-9-13)11-4-2-1-3-5-11/h1-10H/b14-10+. The van der Waals surface area contributed by atoms with Crippen molar-refractivity contribution in [2.24, 2.45) is 0 Å². The normalized spacial score (nSPS) is 13.3. The molecule has 0 nitrogen and oxygen atoms in total. The molecule has 0 aliphatic carbocycles. The summed E-state index contributed by atoms with van der Waals surface area (Å²) in [5, 5.41) is 0. The lowest BCUT2D eigenvalue weighted by Crippen LogP contribution is -2.15. The third kappa shape index (κ3) is 4.13. The predicted molar refractivity (Wildman–Crippen MR) is 72.0 cm³/mol. The van der Waals surface area contributed by atoms with Crippen molar-refractivity contribution in [3.8, 4) is 11.1 Å². The van der Waals surface area contributed by atoms with Crippen LogP contribution in [0.1, 0.15) is 5.56 Å². The molecule has 0 fully saturated rings. The topological polar surface area (TPSA) is 0 Å². The first-order valence-corrected chi connectivity index (χ1v) is 6.19. The van der Waals surface area contributed by atoms with Gasteiger partial charge < -0.3 is 0 Å². The van der Waals surface area contributed by atoms with Crippen molar-refractivity contribution in [1.82, 2.24) is 0 Å². The molecule has 0 aliphatic heterocycles. The Labute approximate surface area is 122 Å². The highest BCUT2D eigenvalue weighted by Crippen LogP contribution is 2.37. The largest absolute Gasteiger partial charge is 0.417 e. The van der Waals surface area contributed by atoms with Crippen LogP contribution in [0.4, 0.5) is 26.3 Å². The van der Waals surface area contributed by atoms with Gasteiger partial charge in [0.2, 0.25) is 0 Å². The average molecular weight is 316 g/mol. The summed E-state index contributed by atoms with van der Waals surface area (Å²) in [5.41, 5.74) is -0.843. The minimum Gasteiger partial charge on any atom is -0.167 e. The van der Waals surface area contributed by atoms with Crippen LogP contribution in [0.2, 0.25) is 0 Å². The van der Waals surface area contributed by atoms with E-state index in [1.54, 1.807) is 30.3 Å². The smallest absolute Gasteiger partial charge is 0.167 e. The van der Waals surface area contributed by atoms with E-state index in [2.05, 4.69) is 0 Å². The third-order valence-electron chi connectivity index (χ3n) is 2.92. The first-order valence-electron chi connectivity index (χ1n) is 6.19. The number of hydrogen-bond donors (Lipinski definition) is 0. The third-order valence-corrected chi connectivity index (χ3v) is 2.92. The minimum absolute atomic E-state index is 0.524. The molecule has 2 rings (SSSR count). The zero-order valence-electron chi connectivity index (χ0n) is 11.0. The van der Waals surface area contributed by atoms with Crippen LogP contribution in [-0.4, -0.2) is 12.4 Å². The summed E-state index contributed by atoms with van der Waals surface area (Å²) in [4.78, 5) is 0. The van der Waals surface area contributed by atoms with Gasteiger partial charge in [0, 0.05) is 6.08 Å². The van der Waals surface area contributed by atoms with Crippen LogP contribution in [-0.2, 0) is 0 Å². The highest BCUT2D eigenvalue weighted by atomic mass is 19.4. The summed E-state index contributed by atoms with van der Waals surface area (Å²) < 4.78 is 75.2. The number of allylic oxidation sites excluding steroid dienone is 2. The molecule has 0 radical (unpaired) electrons. The van der Waals surface area contributed by atoms with Crippen LogP contribution in [0.5, 0.6) is 0 Å². The summed E-state index contributed by atoms with van der Waals surface area (Å²) in [6.07, 6.45) is -10.8. The quantitative estimate of drug-likeness (QED) is 0.609. The molecule has 6 heteroatoms. The Hall–Kier alpha value is -2.24. The molecule has 2 aromatic rings. The first-order chi connectivity index (χ1) is 10.2. The van der Waals surface area contributed by atoms with E-state index in [-0.39, 0.29) is 0 Å². The molecule has 0 amide bonds. The van der Waals surface area contributed by atoms with Gasteiger partial charge in [0.1, 0.15) is 0 Å². The molecule has 0 atom stereocenters. The van der Waals surface area contributed by atoms with Gasteiger partial charge in [-0.1, -0.05) is 54.6 Å².